The topological polar surface area (TPSA) is 118 Å². The molecule has 7 nitrogen and oxygen atoms in total. The van der Waals surface area contributed by atoms with Gasteiger partial charge in [0.15, 0.2) is 0 Å². The number of sulfonamides is 2. The van der Waals surface area contributed by atoms with E-state index < -0.39 is 20.0 Å². The van der Waals surface area contributed by atoms with Crippen LogP contribution < -0.4 is 15.2 Å². The first-order valence-corrected chi connectivity index (χ1v) is 9.63. The van der Waals surface area contributed by atoms with Crippen LogP contribution in [0.5, 0.6) is 0 Å². The Hall–Kier alpha value is -1.00. The monoisotopic (exact) mass is 335 g/mol. The zero-order valence-corrected chi connectivity index (χ0v) is 13.7. The van der Waals surface area contributed by atoms with E-state index in [1.165, 1.54) is 6.07 Å². The molecular weight excluding hydrogens is 314 g/mol. The van der Waals surface area contributed by atoms with E-state index in [2.05, 4.69) is 10.0 Å². The summed E-state index contributed by atoms with van der Waals surface area (Å²) in [5, 5.41) is 7.89. The smallest absolute Gasteiger partial charge is 0.240 e. The minimum Gasteiger partial charge on any atom is -0.313 e. The molecule has 0 fully saturated rings. The molecule has 0 aliphatic rings. The van der Waals surface area contributed by atoms with Gasteiger partial charge >= 0.3 is 0 Å². The first-order valence-electron chi connectivity index (χ1n) is 6.43. The molecular formula is C12H21N3O4S2. The van der Waals surface area contributed by atoms with Gasteiger partial charge in [0, 0.05) is 12.6 Å². The van der Waals surface area contributed by atoms with Crippen LogP contribution in [0.1, 0.15) is 24.9 Å². The highest BCUT2D eigenvalue weighted by Gasteiger charge is 2.15. The van der Waals surface area contributed by atoms with Crippen LogP contribution >= 0.6 is 0 Å². The third kappa shape index (κ3) is 6.10. The lowest BCUT2D eigenvalue weighted by molar-refractivity contribution is 0.576. The highest BCUT2D eigenvalue weighted by Crippen LogP contribution is 2.17. The van der Waals surface area contributed by atoms with Crippen LogP contribution in [0.4, 0.5) is 0 Å². The fourth-order valence-corrected chi connectivity index (χ4v) is 3.36. The first kappa shape index (κ1) is 18.1. The summed E-state index contributed by atoms with van der Waals surface area (Å²) in [7, 11) is -5.44. The van der Waals surface area contributed by atoms with Crippen LogP contribution in [-0.4, -0.2) is 36.2 Å². The second-order valence-corrected chi connectivity index (χ2v) is 8.20. The van der Waals surface area contributed by atoms with Gasteiger partial charge in [0.2, 0.25) is 20.0 Å². The molecule has 9 heteroatoms. The van der Waals surface area contributed by atoms with Gasteiger partial charge in [0.05, 0.1) is 10.6 Å². The van der Waals surface area contributed by atoms with E-state index in [4.69, 9.17) is 5.14 Å². The molecule has 0 saturated heterocycles. The summed E-state index contributed by atoms with van der Waals surface area (Å²) in [6.07, 6.45) is 0.130. The summed E-state index contributed by atoms with van der Waals surface area (Å²) < 4.78 is 48.1. The van der Waals surface area contributed by atoms with Crippen molar-refractivity contribution in [2.24, 2.45) is 5.14 Å². The second-order valence-electron chi connectivity index (χ2n) is 4.70. The van der Waals surface area contributed by atoms with Crippen LogP contribution in [0.3, 0.4) is 0 Å². The summed E-state index contributed by atoms with van der Waals surface area (Å²) >= 11 is 0. The first-order chi connectivity index (χ1) is 9.65. The molecule has 120 valence electrons. The predicted octanol–water partition coefficient (Wildman–Crippen LogP) is -0.0761. The SMILES string of the molecule is CNC(C)c1cccc(S(=O)(=O)NCCCS(N)(=O)=O)c1. The summed E-state index contributed by atoms with van der Waals surface area (Å²) in [5.41, 5.74) is 0.852. The molecule has 1 atom stereocenters. The Morgan fingerprint density at radius 1 is 1.24 bits per heavy atom. The Morgan fingerprint density at radius 2 is 1.90 bits per heavy atom. The largest absolute Gasteiger partial charge is 0.313 e. The van der Waals surface area contributed by atoms with Crippen molar-refractivity contribution in [3.05, 3.63) is 29.8 Å². The number of nitrogens with two attached hydrogens (primary N) is 1. The summed E-state index contributed by atoms with van der Waals surface area (Å²) in [6.45, 7) is 1.94. The number of rotatable bonds is 8. The Morgan fingerprint density at radius 3 is 2.48 bits per heavy atom. The van der Waals surface area contributed by atoms with E-state index >= 15 is 0 Å². The maximum Gasteiger partial charge on any atom is 0.240 e. The van der Waals surface area contributed by atoms with Crippen molar-refractivity contribution < 1.29 is 16.8 Å². The van der Waals surface area contributed by atoms with Gasteiger partial charge < -0.3 is 5.32 Å². The maximum atomic E-state index is 12.1. The van der Waals surface area contributed by atoms with Gasteiger partial charge in [-0.15, -0.1) is 0 Å². The molecule has 1 aromatic rings. The van der Waals surface area contributed by atoms with Crippen molar-refractivity contribution in [3.63, 3.8) is 0 Å². The second kappa shape index (κ2) is 7.32. The molecule has 0 aromatic heterocycles. The zero-order chi connectivity index (χ0) is 16.1. The lowest BCUT2D eigenvalue weighted by atomic mass is 10.1. The molecule has 0 aliphatic carbocycles. The summed E-state index contributed by atoms with van der Waals surface area (Å²) in [5.74, 6) is -0.258. The molecule has 0 radical (unpaired) electrons. The molecule has 0 amide bonds. The Kier molecular flexibility index (Phi) is 6.29. The lowest BCUT2D eigenvalue weighted by Gasteiger charge is -2.12. The maximum absolute atomic E-state index is 12.1. The van der Waals surface area contributed by atoms with Gasteiger partial charge in [0.1, 0.15) is 0 Å². The third-order valence-corrected chi connectivity index (χ3v) is 5.32. The molecule has 0 aliphatic heterocycles. The van der Waals surface area contributed by atoms with Gasteiger partial charge in [-0.1, -0.05) is 12.1 Å². The number of hydrogen-bond acceptors (Lipinski definition) is 5. The van der Waals surface area contributed by atoms with Crippen molar-refractivity contribution in [1.82, 2.24) is 10.0 Å². The standard InChI is InChI=1S/C12H21N3O4S2/c1-10(14-2)11-5-3-6-12(9-11)21(18,19)15-7-4-8-20(13,16)17/h3,5-6,9-10,14-15H,4,7-8H2,1-2H3,(H2,13,16,17). The van der Waals surface area contributed by atoms with E-state index in [0.717, 1.165) is 5.56 Å². The minimum absolute atomic E-state index is 0.0184. The Balaban J connectivity index is 2.74. The van der Waals surface area contributed by atoms with Crippen LogP contribution in [-0.2, 0) is 20.0 Å². The summed E-state index contributed by atoms with van der Waals surface area (Å²) in [4.78, 5) is 0.151. The average molecular weight is 335 g/mol. The van der Waals surface area contributed by atoms with Crippen LogP contribution in [0, 0.1) is 0 Å². The van der Waals surface area contributed by atoms with Crippen molar-refractivity contribution >= 4 is 20.0 Å². The molecule has 0 saturated carbocycles. The molecule has 1 unspecified atom stereocenters. The van der Waals surface area contributed by atoms with Crippen molar-refractivity contribution in [3.8, 4) is 0 Å². The highest BCUT2D eigenvalue weighted by molar-refractivity contribution is 7.89. The quantitative estimate of drug-likeness (QED) is 0.574. The van der Waals surface area contributed by atoms with E-state index in [1.54, 1.807) is 19.2 Å². The molecule has 0 spiro atoms. The minimum atomic E-state index is -3.66. The Labute approximate surface area is 126 Å². The predicted molar refractivity (Wildman–Crippen MR) is 81.7 cm³/mol. The average Bonchev–Trinajstić information content (AvgIpc) is 2.42. The third-order valence-electron chi connectivity index (χ3n) is 3.00. The number of benzene rings is 1. The Bertz CT molecular complexity index is 671. The van der Waals surface area contributed by atoms with Gasteiger partial charge in [-0.25, -0.2) is 26.7 Å². The van der Waals surface area contributed by atoms with E-state index in [0.29, 0.717) is 0 Å². The van der Waals surface area contributed by atoms with Crippen LogP contribution in [0.15, 0.2) is 29.2 Å². The van der Waals surface area contributed by atoms with Gasteiger partial charge in [-0.2, -0.15) is 0 Å². The van der Waals surface area contributed by atoms with Gasteiger partial charge in [0.25, 0.3) is 0 Å². The van der Waals surface area contributed by atoms with Gasteiger partial charge in [-0.3, -0.25) is 0 Å². The van der Waals surface area contributed by atoms with Crippen molar-refractivity contribution in [2.45, 2.75) is 24.3 Å². The van der Waals surface area contributed by atoms with E-state index in [1.807, 2.05) is 13.0 Å². The van der Waals surface area contributed by atoms with Crippen molar-refractivity contribution in [1.29, 1.82) is 0 Å². The van der Waals surface area contributed by atoms with Crippen LogP contribution in [0.25, 0.3) is 0 Å². The fraction of sp³-hybridized carbons (Fsp3) is 0.500. The highest BCUT2D eigenvalue weighted by atomic mass is 32.2. The van der Waals surface area contributed by atoms with E-state index in [9.17, 15) is 16.8 Å². The normalized spacial score (nSPS) is 14.0. The molecule has 0 bridgehead atoms. The number of nitrogens with one attached hydrogen (secondary N) is 2. The number of hydrogen-bond donors (Lipinski definition) is 3. The lowest BCUT2D eigenvalue weighted by Crippen LogP contribution is -2.27. The van der Waals surface area contributed by atoms with Crippen molar-refractivity contribution in [2.75, 3.05) is 19.3 Å². The molecule has 1 rings (SSSR count). The zero-order valence-electron chi connectivity index (χ0n) is 12.0. The molecule has 4 N–H and O–H groups in total. The molecule has 21 heavy (non-hydrogen) atoms. The van der Waals surface area contributed by atoms with E-state index in [-0.39, 0.29) is 29.7 Å². The van der Waals surface area contributed by atoms with Crippen LogP contribution in [0.2, 0.25) is 0 Å². The summed E-state index contributed by atoms with van der Waals surface area (Å²) in [6, 6.07) is 6.61. The molecule has 1 aromatic carbocycles. The number of primary sulfonamides is 1. The fourth-order valence-electron chi connectivity index (χ4n) is 1.68. The molecule has 0 heterocycles. The van der Waals surface area contributed by atoms with Gasteiger partial charge in [-0.05, 0) is 38.1 Å².